The van der Waals surface area contributed by atoms with E-state index in [2.05, 4.69) is 22.4 Å². The van der Waals surface area contributed by atoms with Gasteiger partial charge in [0.05, 0.1) is 6.04 Å². The van der Waals surface area contributed by atoms with Crippen molar-refractivity contribution in [3.8, 4) is 0 Å². The maximum absolute atomic E-state index is 5.39. The van der Waals surface area contributed by atoms with E-state index < -0.39 is 0 Å². The molecule has 1 atom stereocenters. The van der Waals surface area contributed by atoms with Crippen LogP contribution in [0.3, 0.4) is 0 Å². The zero-order chi connectivity index (χ0) is 14.0. The number of unbranched alkanes of at least 4 members (excludes halogenated alkanes) is 5. The molecule has 0 radical (unpaired) electrons. The van der Waals surface area contributed by atoms with Crippen LogP contribution in [-0.2, 0) is 6.42 Å². The first-order chi connectivity index (χ1) is 9.90. The highest BCUT2D eigenvalue weighted by Crippen LogP contribution is 2.20. The maximum Gasteiger partial charge on any atom is 0.226 e. The number of hydrogen-bond acceptors (Lipinski definition) is 4. The minimum absolute atomic E-state index is 0.305. The van der Waals surface area contributed by atoms with E-state index in [9.17, 15) is 0 Å². The molecule has 4 nitrogen and oxygen atoms in total. The Morgan fingerprint density at radius 3 is 2.85 bits per heavy atom. The van der Waals surface area contributed by atoms with Gasteiger partial charge >= 0.3 is 0 Å². The lowest BCUT2D eigenvalue weighted by molar-refractivity contribution is 0.360. The molecule has 0 aromatic carbocycles. The van der Waals surface area contributed by atoms with Gasteiger partial charge in [0.15, 0.2) is 5.82 Å². The zero-order valence-electron chi connectivity index (χ0n) is 12.9. The van der Waals surface area contributed by atoms with Crippen LogP contribution in [0.25, 0.3) is 0 Å². The van der Waals surface area contributed by atoms with E-state index in [1.54, 1.807) is 0 Å². The smallest absolute Gasteiger partial charge is 0.226 e. The average molecular weight is 279 g/mol. The third-order valence-electron chi connectivity index (χ3n) is 4.10. The standard InChI is InChI=1S/C16H29N3O/c1-2-3-4-5-6-9-12-15-18-16(19-20-15)14-11-8-7-10-13-17-14/h14,17H,2-13H2,1H3. The molecule has 2 heterocycles. The normalized spacial score (nSPS) is 19.9. The monoisotopic (exact) mass is 279 g/mol. The third kappa shape index (κ3) is 5.23. The van der Waals surface area contributed by atoms with Crippen molar-refractivity contribution in [3.05, 3.63) is 11.7 Å². The molecule has 0 amide bonds. The van der Waals surface area contributed by atoms with Gasteiger partial charge in [0.25, 0.3) is 0 Å². The SMILES string of the molecule is CCCCCCCCc1nc(C2CCCCCN2)no1. The van der Waals surface area contributed by atoms with E-state index in [4.69, 9.17) is 4.52 Å². The predicted octanol–water partition coefficient (Wildman–Crippen LogP) is 4.18. The molecule has 0 bridgehead atoms. The van der Waals surface area contributed by atoms with Gasteiger partial charge in [-0.2, -0.15) is 4.98 Å². The van der Waals surface area contributed by atoms with Gasteiger partial charge in [0, 0.05) is 6.42 Å². The molecule has 114 valence electrons. The van der Waals surface area contributed by atoms with E-state index in [0.29, 0.717) is 6.04 Å². The Balaban J connectivity index is 1.68. The van der Waals surface area contributed by atoms with Crippen LogP contribution in [0.1, 0.15) is 88.9 Å². The molecule has 0 spiro atoms. The van der Waals surface area contributed by atoms with Crippen molar-refractivity contribution in [2.45, 2.75) is 83.6 Å². The molecule has 1 saturated heterocycles. The number of hydrogen-bond donors (Lipinski definition) is 1. The minimum atomic E-state index is 0.305. The van der Waals surface area contributed by atoms with E-state index in [-0.39, 0.29) is 0 Å². The molecular formula is C16H29N3O. The molecule has 2 rings (SSSR count). The van der Waals surface area contributed by atoms with Crippen LogP contribution in [0.5, 0.6) is 0 Å². The molecule has 0 aliphatic carbocycles. The summed E-state index contributed by atoms with van der Waals surface area (Å²) >= 11 is 0. The van der Waals surface area contributed by atoms with Crippen molar-refractivity contribution in [2.75, 3.05) is 6.54 Å². The zero-order valence-corrected chi connectivity index (χ0v) is 12.9. The fraction of sp³-hybridized carbons (Fsp3) is 0.875. The minimum Gasteiger partial charge on any atom is -0.339 e. The summed E-state index contributed by atoms with van der Waals surface area (Å²) in [6.45, 7) is 3.33. The number of rotatable bonds is 8. The molecule has 1 fully saturated rings. The summed E-state index contributed by atoms with van der Waals surface area (Å²) in [5.74, 6) is 1.69. The van der Waals surface area contributed by atoms with E-state index in [1.165, 1.54) is 57.8 Å². The Bertz CT molecular complexity index is 356. The Morgan fingerprint density at radius 1 is 1.10 bits per heavy atom. The number of aryl methyl sites for hydroxylation is 1. The molecule has 4 heteroatoms. The van der Waals surface area contributed by atoms with Crippen LogP contribution in [0.15, 0.2) is 4.52 Å². The second-order valence-corrected chi connectivity index (χ2v) is 5.92. The van der Waals surface area contributed by atoms with Crippen LogP contribution in [0.2, 0.25) is 0 Å². The molecule has 1 N–H and O–H groups in total. The van der Waals surface area contributed by atoms with E-state index in [0.717, 1.165) is 31.1 Å². The first-order valence-corrected chi connectivity index (χ1v) is 8.46. The lowest BCUT2D eigenvalue weighted by Gasteiger charge is -2.09. The summed E-state index contributed by atoms with van der Waals surface area (Å²) in [7, 11) is 0. The number of nitrogens with one attached hydrogen (secondary N) is 1. The summed E-state index contributed by atoms with van der Waals surface area (Å²) in [6, 6.07) is 0.305. The van der Waals surface area contributed by atoms with Gasteiger partial charge in [-0.1, -0.05) is 57.0 Å². The van der Waals surface area contributed by atoms with Gasteiger partial charge in [-0.05, 0) is 25.8 Å². The number of nitrogens with zero attached hydrogens (tertiary/aromatic N) is 2. The molecule has 1 unspecified atom stereocenters. The molecular weight excluding hydrogens is 250 g/mol. The fourth-order valence-electron chi connectivity index (χ4n) is 2.82. The second-order valence-electron chi connectivity index (χ2n) is 5.92. The van der Waals surface area contributed by atoms with Gasteiger partial charge in [-0.25, -0.2) is 0 Å². The van der Waals surface area contributed by atoms with Crippen LogP contribution >= 0.6 is 0 Å². The van der Waals surface area contributed by atoms with Crippen molar-refractivity contribution in [1.82, 2.24) is 15.5 Å². The third-order valence-corrected chi connectivity index (χ3v) is 4.10. The quantitative estimate of drug-likeness (QED) is 0.725. The molecule has 1 aliphatic heterocycles. The lowest BCUT2D eigenvalue weighted by Crippen LogP contribution is -2.21. The fourth-order valence-corrected chi connectivity index (χ4v) is 2.82. The first kappa shape index (κ1) is 15.5. The van der Waals surface area contributed by atoms with Crippen molar-refractivity contribution in [1.29, 1.82) is 0 Å². The lowest BCUT2D eigenvalue weighted by atomic mass is 10.1. The van der Waals surface area contributed by atoms with Crippen LogP contribution < -0.4 is 5.32 Å². The van der Waals surface area contributed by atoms with Crippen molar-refractivity contribution in [2.24, 2.45) is 0 Å². The van der Waals surface area contributed by atoms with Gasteiger partial charge in [-0.3, -0.25) is 0 Å². The first-order valence-electron chi connectivity index (χ1n) is 8.46. The Labute approximate surface area is 122 Å². The highest BCUT2D eigenvalue weighted by Gasteiger charge is 2.19. The van der Waals surface area contributed by atoms with E-state index in [1.807, 2.05) is 0 Å². The molecule has 1 aromatic heterocycles. The summed E-state index contributed by atoms with van der Waals surface area (Å²) in [4.78, 5) is 4.57. The maximum atomic E-state index is 5.39. The molecule has 0 saturated carbocycles. The van der Waals surface area contributed by atoms with Crippen molar-refractivity contribution in [3.63, 3.8) is 0 Å². The molecule has 1 aliphatic rings. The van der Waals surface area contributed by atoms with Crippen molar-refractivity contribution >= 4 is 0 Å². The average Bonchev–Trinajstić information content (AvgIpc) is 2.76. The number of aromatic nitrogens is 2. The predicted molar refractivity (Wildman–Crippen MR) is 80.6 cm³/mol. The second kappa shape index (κ2) is 9.11. The van der Waals surface area contributed by atoms with Crippen LogP contribution in [0, 0.1) is 0 Å². The van der Waals surface area contributed by atoms with Gasteiger partial charge in [0.2, 0.25) is 5.89 Å². The highest BCUT2D eigenvalue weighted by atomic mass is 16.5. The Hall–Kier alpha value is -0.900. The largest absolute Gasteiger partial charge is 0.339 e. The van der Waals surface area contributed by atoms with Crippen molar-refractivity contribution < 1.29 is 4.52 Å². The van der Waals surface area contributed by atoms with Gasteiger partial charge in [0.1, 0.15) is 0 Å². The summed E-state index contributed by atoms with van der Waals surface area (Å²) in [6.07, 6.45) is 13.7. The Morgan fingerprint density at radius 2 is 1.95 bits per heavy atom. The van der Waals surface area contributed by atoms with E-state index >= 15 is 0 Å². The van der Waals surface area contributed by atoms with Gasteiger partial charge < -0.3 is 9.84 Å². The van der Waals surface area contributed by atoms with Gasteiger partial charge in [-0.15, -0.1) is 0 Å². The molecule has 1 aromatic rings. The summed E-state index contributed by atoms with van der Waals surface area (Å²) in [5.41, 5.74) is 0. The molecule has 20 heavy (non-hydrogen) atoms. The topological polar surface area (TPSA) is 51.0 Å². The van der Waals surface area contributed by atoms with Crippen LogP contribution in [0.4, 0.5) is 0 Å². The van der Waals surface area contributed by atoms with Crippen LogP contribution in [-0.4, -0.2) is 16.7 Å². The summed E-state index contributed by atoms with van der Waals surface area (Å²) in [5, 5.41) is 7.68. The highest BCUT2D eigenvalue weighted by molar-refractivity contribution is 4.95. The summed E-state index contributed by atoms with van der Waals surface area (Å²) < 4.78 is 5.39. The Kier molecular flexibility index (Phi) is 7.06.